The molecule has 0 rings (SSSR count). The monoisotopic (exact) mass is 205 g/mol. The maximum Gasteiger partial charge on any atom is 0.303 e. The zero-order chi connectivity index (χ0) is 11.6. The molecule has 0 spiro atoms. The van der Waals surface area contributed by atoms with Crippen molar-refractivity contribution in [3.63, 3.8) is 0 Å². The number of carboxylic acids is 1. The molecule has 2 atom stereocenters. The second-order valence-electron chi connectivity index (χ2n) is 3.04. The molecule has 0 aliphatic heterocycles. The predicted molar refractivity (Wildman–Crippen MR) is 57.1 cm³/mol. The largest absolute Gasteiger partial charge is 0.481 e. The molecule has 0 aromatic rings. The summed E-state index contributed by atoms with van der Waals surface area (Å²) in [6, 6.07) is -0.223. The van der Waals surface area contributed by atoms with E-state index in [4.69, 9.17) is 15.9 Å². The molecule has 14 heavy (non-hydrogen) atoms. The molecule has 0 saturated carbocycles. The summed E-state index contributed by atoms with van der Waals surface area (Å²) >= 11 is 0. The Labute approximate surface area is 86.1 Å². The quantitative estimate of drug-likeness (QED) is 0.572. The summed E-state index contributed by atoms with van der Waals surface area (Å²) in [7, 11) is 0. The van der Waals surface area contributed by atoms with Crippen molar-refractivity contribution in [3.8, 4) is 0 Å². The van der Waals surface area contributed by atoms with Gasteiger partial charge in [0.2, 0.25) is 0 Å². The molecule has 0 saturated heterocycles. The first-order chi connectivity index (χ1) is 6.54. The molecule has 0 aromatic carbocycles. The molecule has 0 aliphatic rings. The van der Waals surface area contributed by atoms with E-state index in [1.807, 2.05) is 13.8 Å². The van der Waals surface area contributed by atoms with Gasteiger partial charge in [-0.1, -0.05) is 20.3 Å². The van der Waals surface area contributed by atoms with Crippen LogP contribution in [-0.4, -0.2) is 28.3 Å². The van der Waals surface area contributed by atoms with E-state index in [9.17, 15) is 4.79 Å². The van der Waals surface area contributed by atoms with E-state index in [-0.39, 0.29) is 12.5 Å². The molecule has 0 radical (unpaired) electrons. The molecule has 0 amide bonds. The normalized spacial score (nSPS) is 13.8. The molecule has 0 aromatic heterocycles. The van der Waals surface area contributed by atoms with Crippen LogP contribution in [0.15, 0.2) is 0 Å². The first-order valence-corrected chi connectivity index (χ1v) is 5.19. The molecule has 0 fully saturated rings. The van der Waals surface area contributed by atoms with Gasteiger partial charge in [-0.25, -0.2) is 0 Å². The van der Waals surface area contributed by atoms with Crippen molar-refractivity contribution in [1.82, 2.24) is 0 Å². The van der Waals surface area contributed by atoms with Crippen LogP contribution in [0.25, 0.3) is 0 Å². The van der Waals surface area contributed by atoms with E-state index < -0.39 is 12.1 Å². The highest BCUT2D eigenvalue weighted by atomic mass is 16.4. The highest BCUT2D eigenvalue weighted by molar-refractivity contribution is 5.66. The van der Waals surface area contributed by atoms with Crippen molar-refractivity contribution >= 4 is 5.97 Å². The smallest absolute Gasteiger partial charge is 0.303 e. The Hall–Kier alpha value is -0.610. The molecule has 0 aliphatic carbocycles. The molecule has 4 heteroatoms. The van der Waals surface area contributed by atoms with Gasteiger partial charge in [0.15, 0.2) is 0 Å². The van der Waals surface area contributed by atoms with E-state index in [0.717, 1.165) is 6.42 Å². The van der Waals surface area contributed by atoms with Crippen LogP contribution >= 0.6 is 0 Å². The third-order valence-corrected chi connectivity index (χ3v) is 1.80. The van der Waals surface area contributed by atoms with Crippen molar-refractivity contribution in [2.75, 3.05) is 0 Å². The Balaban J connectivity index is 0. The number of hydrogen-bond donors (Lipinski definition) is 3. The van der Waals surface area contributed by atoms with Gasteiger partial charge in [0.25, 0.3) is 0 Å². The number of aliphatic hydroxyl groups excluding tert-OH is 1. The van der Waals surface area contributed by atoms with Crippen molar-refractivity contribution in [2.24, 2.45) is 5.73 Å². The Bertz CT molecular complexity index is 137. The minimum atomic E-state index is -0.777. The van der Waals surface area contributed by atoms with Crippen LogP contribution in [-0.2, 0) is 4.79 Å². The summed E-state index contributed by atoms with van der Waals surface area (Å²) in [5, 5.41) is 17.3. The number of aliphatic carboxylic acids is 1. The average Bonchev–Trinajstić information content (AvgIpc) is 2.15. The maximum atomic E-state index is 10.1. The molecule has 86 valence electrons. The van der Waals surface area contributed by atoms with E-state index in [1.165, 1.54) is 0 Å². The number of aliphatic hydroxyl groups is 1. The minimum Gasteiger partial charge on any atom is -0.481 e. The van der Waals surface area contributed by atoms with Crippen molar-refractivity contribution in [3.05, 3.63) is 0 Å². The first-order valence-electron chi connectivity index (χ1n) is 5.19. The number of nitrogens with two attached hydrogens (primary N) is 1. The third-order valence-electron chi connectivity index (χ3n) is 1.80. The molecular formula is C10H23NO3. The number of rotatable bonds is 6. The van der Waals surface area contributed by atoms with E-state index in [0.29, 0.717) is 12.8 Å². The third kappa shape index (κ3) is 11.4. The Morgan fingerprint density at radius 2 is 1.86 bits per heavy atom. The topological polar surface area (TPSA) is 83.5 Å². The lowest BCUT2D eigenvalue weighted by Crippen LogP contribution is -2.32. The van der Waals surface area contributed by atoms with Gasteiger partial charge in [0.05, 0.1) is 6.10 Å². The van der Waals surface area contributed by atoms with Gasteiger partial charge < -0.3 is 15.9 Å². The van der Waals surface area contributed by atoms with Crippen LogP contribution < -0.4 is 5.73 Å². The minimum absolute atomic E-state index is 0.187. The Kier molecular flexibility index (Phi) is 11.9. The second-order valence-corrected chi connectivity index (χ2v) is 3.04. The fraction of sp³-hybridized carbons (Fsp3) is 0.900. The van der Waals surface area contributed by atoms with Gasteiger partial charge in [-0.3, -0.25) is 4.79 Å². The van der Waals surface area contributed by atoms with Crippen LogP contribution in [0, 0.1) is 0 Å². The number of unbranched alkanes of at least 4 members (excludes halogenated alkanes) is 1. The molecule has 0 heterocycles. The van der Waals surface area contributed by atoms with Gasteiger partial charge in [-0.05, 0) is 19.8 Å². The van der Waals surface area contributed by atoms with Gasteiger partial charge in [-0.15, -0.1) is 0 Å². The van der Waals surface area contributed by atoms with Crippen LogP contribution in [0.3, 0.4) is 0 Å². The predicted octanol–water partition coefficient (Wildman–Crippen LogP) is 1.37. The zero-order valence-electron chi connectivity index (χ0n) is 9.36. The van der Waals surface area contributed by atoms with Gasteiger partial charge >= 0.3 is 5.97 Å². The van der Waals surface area contributed by atoms with E-state index in [1.54, 1.807) is 6.92 Å². The van der Waals surface area contributed by atoms with E-state index >= 15 is 0 Å². The second kappa shape index (κ2) is 10.5. The highest BCUT2D eigenvalue weighted by Gasteiger charge is 2.08. The highest BCUT2D eigenvalue weighted by Crippen LogP contribution is 2.04. The molecule has 0 bridgehead atoms. The van der Waals surface area contributed by atoms with Crippen LogP contribution in [0.2, 0.25) is 0 Å². The van der Waals surface area contributed by atoms with Gasteiger partial charge in [0.1, 0.15) is 0 Å². The molecule has 4 nitrogen and oxygen atoms in total. The van der Waals surface area contributed by atoms with Crippen molar-refractivity contribution in [1.29, 1.82) is 0 Å². The molecule has 0 unspecified atom stereocenters. The molecule has 4 N–H and O–H groups in total. The van der Waals surface area contributed by atoms with E-state index in [2.05, 4.69) is 0 Å². The summed E-state index contributed by atoms with van der Waals surface area (Å²) in [4.78, 5) is 10.1. The summed E-state index contributed by atoms with van der Waals surface area (Å²) in [5.41, 5.74) is 5.54. The standard InChI is InChI=1S/C8H17NO3.C2H6/c1-6(10)7(9)4-2-3-5-8(11)12;1-2/h6-7,10H,2-5,9H2,1H3,(H,11,12);1-2H3/t6-,7-;/m1./s1. The fourth-order valence-electron chi connectivity index (χ4n) is 0.897. The van der Waals surface area contributed by atoms with Crippen molar-refractivity contribution < 1.29 is 15.0 Å². The van der Waals surface area contributed by atoms with Crippen LogP contribution in [0.4, 0.5) is 0 Å². The van der Waals surface area contributed by atoms with Crippen LogP contribution in [0.1, 0.15) is 46.5 Å². The number of carbonyl (C=O) groups is 1. The van der Waals surface area contributed by atoms with Crippen LogP contribution in [0.5, 0.6) is 0 Å². The van der Waals surface area contributed by atoms with Crippen molar-refractivity contribution in [2.45, 2.75) is 58.6 Å². The summed E-state index contributed by atoms with van der Waals surface area (Å²) in [6.07, 6.45) is 1.76. The fourth-order valence-corrected chi connectivity index (χ4v) is 0.897. The Morgan fingerprint density at radius 1 is 1.36 bits per heavy atom. The SMILES string of the molecule is CC.C[C@@H](O)[C@H](N)CCCCC(=O)O. The zero-order valence-corrected chi connectivity index (χ0v) is 9.36. The van der Waals surface area contributed by atoms with Gasteiger partial charge in [0, 0.05) is 12.5 Å². The maximum absolute atomic E-state index is 10.1. The number of carboxylic acid groups (broad SMARTS) is 1. The lowest BCUT2D eigenvalue weighted by Gasteiger charge is -2.13. The summed E-state index contributed by atoms with van der Waals surface area (Å²) < 4.78 is 0. The summed E-state index contributed by atoms with van der Waals surface area (Å²) in [6.45, 7) is 5.64. The number of hydrogen-bond acceptors (Lipinski definition) is 3. The van der Waals surface area contributed by atoms with Gasteiger partial charge in [-0.2, -0.15) is 0 Å². The lowest BCUT2D eigenvalue weighted by atomic mass is 10.1. The summed E-state index contributed by atoms with van der Waals surface area (Å²) in [5.74, 6) is -0.777. The average molecular weight is 205 g/mol. The Morgan fingerprint density at radius 3 is 2.21 bits per heavy atom. The molecular weight excluding hydrogens is 182 g/mol. The lowest BCUT2D eigenvalue weighted by molar-refractivity contribution is -0.137. The first kappa shape index (κ1) is 15.8.